The molecule has 1 nitrogen and oxygen atoms in total. The largest absolute Gasteiger partial charge is 0.309 e. The zero-order valence-electron chi connectivity index (χ0n) is 8.69. The third-order valence-corrected chi connectivity index (χ3v) is 2.90. The molecular formula is C9H13F5OS. The number of carbonyl (C=O) groups excluding carboxylic acids is 1. The van der Waals surface area contributed by atoms with Crippen molar-refractivity contribution in [1.82, 2.24) is 0 Å². The first-order chi connectivity index (χ1) is 7.35. The summed E-state index contributed by atoms with van der Waals surface area (Å²) in [7, 11) is 0. The van der Waals surface area contributed by atoms with Crippen LogP contribution >= 0.6 is 11.8 Å². The summed E-state index contributed by atoms with van der Waals surface area (Å²) in [5, 5.41) is -0.222. The van der Waals surface area contributed by atoms with E-state index in [4.69, 9.17) is 0 Å². The lowest BCUT2D eigenvalue weighted by Crippen LogP contribution is -2.39. The number of hydrogen-bond acceptors (Lipinski definition) is 2. The van der Waals surface area contributed by atoms with E-state index in [-0.39, 0.29) is 17.3 Å². The molecule has 0 saturated carbocycles. The SMILES string of the molecule is CCC(=O)SCCC(F)C(F)C(F)(F)CF. The van der Waals surface area contributed by atoms with Crippen molar-refractivity contribution in [2.45, 2.75) is 38.0 Å². The predicted molar refractivity (Wildman–Crippen MR) is 53.1 cm³/mol. The molecular weight excluding hydrogens is 251 g/mol. The molecule has 96 valence electrons. The summed E-state index contributed by atoms with van der Waals surface area (Å²) in [6.07, 6.45) is -5.91. The molecule has 0 aromatic carbocycles. The lowest BCUT2D eigenvalue weighted by atomic mass is 10.1. The highest BCUT2D eigenvalue weighted by Gasteiger charge is 2.45. The fourth-order valence-corrected chi connectivity index (χ4v) is 1.65. The zero-order chi connectivity index (χ0) is 12.8. The van der Waals surface area contributed by atoms with E-state index in [1.807, 2.05) is 0 Å². The van der Waals surface area contributed by atoms with Crippen LogP contribution in [0.2, 0.25) is 0 Å². The van der Waals surface area contributed by atoms with E-state index in [1.165, 1.54) is 0 Å². The van der Waals surface area contributed by atoms with Gasteiger partial charge in [0.1, 0.15) is 6.17 Å². The maximum absolute atomic E-state index is 12.9. The van der Waals surface area contributed by atoms with E-state index in [9.17, 15) is 26.7 Å². The molecule has 0 spiro atoms. The molecule has 0 amide bonds. The quantitative estimate of drug-likeness (QED) is 0.656. The summed E-state index contributed by atoms with van der Waals surface area (Å²) in [6.45, 7) is -0.632. The second-order valence-corrected chi connectivity index (χ2v) is 4.33. The van der Waals surface area contributed by atoms with Crippen molar-refractivity contribution >= 4 is 16.9 Å². The molecule has 7 heteroatoms. The van der Waals surface area contributed by atoms with Crippen molar-refractivity contribution in [3.05, 3.63) is 0 Å². The molecule has 0 saturated heterocycles. The first-order valence-electron chi connectivity index (χ1n) is 4.72. The maximum Gasteiger partial charge on any atom is 0.309 e. The monoisotopic (exact) mass is 264 g/mol. The third-order valence-electron chi connectivity index (χ3n) is 1.84. The lowest BCUT2D eigenvalue weighted by Gasteiger charge is -2.20. The van der Waals surface area contributed by atoms with Gasteiger partial charge in [0.2, 0.25) is 0 Å². The molecule has 0 radical (unpaired) electrons. The van der Waals surface area contributed by atoms with Crippen LogP contribution in [0.1, 0.15) is 19.8 Å². The van der Waals surface area contributed by atoms with Crippen molar-refractivity contribution < 1.29 is 26.7 Å². The highest BCUT2D eigenvalue weighted by atomic mass is 32.2. The second-order valence-electron chi connectivity index (χ2n) is 3.18. The van der Waals surface area contributed by atoms with Crippen LogP contribution in [0.5, 0.6) is 0 Å². The summed E-state index contributed by atoms with van der Waals surface area (Å²) in [6, 6.07) is 0. The molecule has 0 aromatic rings. The molecule has 0 fully saturated rings. The zero-order valence-corrected chi connectivity index (χ0v) is 9.51. The Morgan fingerprint density at radius 1 is 1.38 bits per heavy atom. The predicted octanol–water partition coefficient (Wildman–Crippen LogP) is 3.33. The summed E-state index contributed by atoms with van der Waals surface area (Å²) in [5.41, 5.74) is 0. The van der Waals surface area contributed by atoms with Crippen LogP contribution in [0.15, 0.2) is 0 Å². The van der Waals surface area contributed by atoms with E-state index in [2.05, 4.69) is 0 Å². The third kappa shape index (κ3) is 5.14. The van der Waals surface area contributed by atoms with Crippen LogP contribution < -0.4 is 0 Å². The minimum atomic E-state index is -4.29. The fraction of sp³-hybridized carbons (Fsp3) is 0.889. The average molecular weight is 264 g/mol. The van der Waals surface area contributed by atoms with Gasteiger partial charge < -0.3 is 0 Å². The highest BCUT2D eigenvalue weighted by molar-refractivity contribution is 8.13. The number of alkyl halides is 5. The Labute approximate surface area is 94.8 Å². The van der Waals surface area contributed by atoms with Crippen LogP contribution in [0.4, 0.5) is 22.0 Å². The van der Waals surface area contributed by atoms with Gasteiger partial charge in [-0.25, -0.2) is 22.0 Å². The molecule has 2 unspecified atom stereocenters. The van der Waals surface area contributed by atoms with Crippen molar-refractivity contribution in [1.29, 1.82) is 0 Å². The van der Waals surface area contributed by atoms with Crippen LogP contribution in [-0.2, 0) is 4.79 Å². The summed E-state index contributed by atoms with van der Waals surface area (Å²) in [4.78, 5) is 10.8. The minimum Gasteiger partial charge on any atom is -0.287 e. The van der Waals surface area contributed by atoms with Crippen LogP contribution in [0.25, 0.3) is 0 Å². The molecule has 16 heavy (non-hydrogen) atoms. The molecule has 0 aliphatic heterocycles. The van der Waals surface area contributed by atoms with E-state index in [0.717, 1.165) is 11.8 Å². The van der Waals surface area contributed by atoms with Gasteiger partial charge in [-0.2, -0.15) is 0 Å². The number of rotatable bonds is 7. The number of thioether (sulfide) groups is 1. The van der Waals surface area contributed by atoms with Gasteiger partial charge in [-0.15, -0.1) is 0 Å². The van der Waals surface area contributed by atoms with Crippen molar-refractivity contribution in [3.63, 3.8) is 0 Å². The highest BCUT2D eigenvalue weighted by Crippen LogP contribution is 2.28. The van der Waals surface area contributed by atoms with Gasteiger partial charge in [0.05, 0.1) is 0 Å². The Balaban J connectivity index is 3.97. The second kappa shape index (κ2) is 7.09. The summed E-state index contributed by atoms with van der Waals surface area (Å²) >= 11 is 0.756. The molecule has 0 heterocycles. The van der Waals surface area contributed by atoms with Crippen LogP contribution in [0, 0.1) is 0 Å². The standard InChI is InChI=1S/C9H13F5OS/c1-2-7(15)16-4-3-6(11)8(12)9(13,14)5-10/h6,8H,2-5H2,1H3. The maximum atomic E-state index is 12.9. The summed E-state index contributed by atoms with van der Waals surface area (Å²) in [5.74, 6) is -4.38. The average Bonchev–Trinajstić information content (AvgIpc) is 2.27. The van der Waals surface area contributed by atoms with Crippen LogP contribution in [0.3, 0.4) is 0 Å². The Morgan fingerprint density at radius 3 is 2.38 bits per heavy atom. The molecule has 0 aliphatic carbocycles. The van der Waals surface area contributed by atoms with Gasteiger partial charge in [0.25, 0.3) is 0 Å². The topological polar surface area (TPSA) is 17.1 Å². The van der Waals surface area contributed by atoms with E-state index >= 15 is 0 Å². The van der Waals surface area contributed by atoms with Crippen molar-refractivity contribution in [2.75, 3.05) is 12.4 Å². The Hall–Kier alpha value is -0.330. The van der Waals surface area contributed by atoms with Gasteiger partial charge in [0, 0.05) is 12.2 Å². The summed E-state index contributed by atoms with van der Waals surface area (Å²) < 4.78 is 62.0. The van der Waals surface area contributed by atoms with Gasteiger partial charge >= 0.3 is 5.92 Å². The minimum absolute atomic E-state index is 0.0867. The fourth-order valence-electron chi connectivity index (χ4n) is 0.872. The Kier molecular flexibility index (Phi) is 6.94. The molecule has 0 aliphatic rings. The Bertz CT molecular complexity index is 224. The van der Waals surface area contributed by atoms with E-state index in [1.54, 1.807) is 6.92 Å². The van der Waals surface area contributed by atoms with Crippen molar-refractivity contribution in [2.24, 2.45) is 0 Å². The van der Waals surface area contributed by atoms with Crippen LogP contribution in [-0.4, -0.2) is 35.8 Å². The molecule has 0 aromatic heterocycles. The van der Waals surface area contributed by atoms with Gasteiger partial charge in [-0.3, -0.25) is 4.79 Å². The molecule has 2 atom stereocenters. The van der Waals surface area contributed by atoms with E-state index < -0.39 is 31.4 Å². The molecule has 0 N–H and O–H groups in total. The van der Waals surface area contributed by atoms with Gasteiger partial charge in [0.15, 0.2) is 18.0 Å². The first-order valence-corrected chi connectivity index (χ1v) is 5.71. The van der Waals surface area contributed by atoms with Gasteiger partial charge in [-0.05, 0) is 6.42 Å². The normalized spacial score (nSPS) is 15.9. The molecule has 0 rings (SSSR count). The van der Waals surface area contributed by atoms with E-state index in [0.29, 0.717) is 0 Å². The molecule has 0 bridgehead atoms. The number of hydrogen-bond donors (Lipinski definition) is 0. The van der Waals surface area contributed by atoms with Crippen molar-refractivity contribution in [3.8, 4) is 0 Å². The first kappa shape index (κ1) is 15.7. The van der Waals surface area contributed by atoms with Gasteiger partial charge in [-0.1, -0.05) is 18.7 Å². The smallest absolute Gasteiger partial charge is 0.287 e. The Morgan fingerprint density at radius 2 is 1.94 bits per heavy atom. The number of carbonyl (C=O) groups is 1. The number of halogens is 5. The lowest BCUT2D eigenvalue weighted by molar-refractivity contribution is -0.112.